The van der Waals surface area contributed by atoms with Crippen LogP contribution in [-0.2, 0) is 9.59 Å². The van der Waals surface area contributed by atoms with Gasteiger partial charge in [-0.15, -0.1) is 11.8 Å². The molecule has 0 aliphatic heterocycles. The van der Waals surface area contributed by atoms with E-state index in [0.717, 1.165) is 21.7 Å². The summed E-state index contributed by atoms with van der Waals surface area (Å²) in [5, 5.41) is 8.93. The SMILES string of the molecule is Cc1cccc(NC(=O)CSc2ccc(NC(=O)/C(=C/c3ccccc3Cl)NC(=O)c3ccccc3)cc2)c1C. The van der Waals surface area contributed by atoms with Crippen molar-refractivity contribution in [3.63, 3.8) is 0 Å². The number of hydrogen-bond acceptors (Lipinski definition) is 4. The molecule has 6 nitrogen and oxygen atoms in total. The van der Waals surface area contributed by atoms with Crippen molar-refractivity contribution < 1.29 is 14.4 Å². The Hall–Kier alpha value is -4.33. The second-order valence-corrected chi connectivity index (χ2v) is 10.4. The van der Waals surface area contributed by atoms with Crippen LogP contribution in [0.25, 0.3) is 6.08 Å². The van der Waals surface area contributed by atoms with E-state index < -0.39 is 11.8 Å². The van der Waals surface area contributed by atoms with Gasteiger partial charge in [0.2, 0.25) is 5.91 Å². The molecule has 0 saturated heterocycles. The average Bonchev–Trinajstić information content (AvgIpc) is 2.96. The van der Waals surface area contributed by atoms with Crippen molar-refractivity contribution in [3.05, 3.63) is 130 Å². The van der Waals surface area contributed by atoms with E-state index in [4.69, 9.17) is 11.6 Å². The number of benzene rings is 4. The van der Waals surface area contributed by atoms with Gasteiger partial charge in [-0.3, -0.25) is 14.4 Å². The van der Waals surface area contributed by atoms with Crippen LogP contribution in [0.1, 0.15) is 27.0 Å². The predicted octanol–water partition coefficient (Wildman–Crippen LogP) is 7.10. The Morgan fingerprint density at radius 2 is 1.50 bits per heavy atom. The first kappa shape index (κ1) is 28.7. The second kappa shape index (κ2) is 13.6. The fourth-order valence-electron chi connectivity index (χ4n) is 3.74. The van der Waals surface area contributed by atoms with Crippen LogP contribution in [0, 0.1) is 13.8 Å². The first-order chi connectivity index (χ1) is 19.3. The molecule has 0 atom stereocenters. The highest BCUT2D eigenvalue weighted by Gasteiger charge is 2.16. The largest absolute Gasteiger partial charge is 0.325 e. The number of hydrogen-bond donors (Lipinski definition) is 3. The molecule has 0 aromatic heterocycles. The molecule has 8 heteroatoms. The minimum atomic E-state index is -0.502. The van der Waals surface area contributed by atoms with Gasteiger partial charge in [-0.25, -0.2) is 0 Å². The van der Waals surface area contributed by atoms with Crippen molar-refractivity contribution in [2.75, 3.05) is 16.4 Å². The zero-order chi connectivity index (χ0) is 28.5. The molecule has 4 rings (SSSR count). The molecule has 0 aliphatic rings. The third-order valence-electron chi connectivity index (χ3n) is 6.09. The molecular formula is C32H28ClN3O3S. The Bertz CT molecular complexity index is 1550. The summed E-state index contributed by atoms with van der Waals surface area (Å²) >= 11 is 7.69. The number of rotatable bonds is 9. The first-order valence-corrected chi connectivity index (χ1v) is 13.9. The van der Waals surface area contributed by atoms with Gasteiger partial charge < -0.3 is 16.0 Å². The smallest absolute Gasteiger partial charge is 0.272 e. The Morgan fingerprint density at radius 3 is 2.23 bits per heavy atom. The van der Waals surface area contributed by atoms with Crippen LogP contribution in [0.3, 0.4) is 0 Å². The molecule has 202 valence electrons. The summed E-state index contributed by atoms with van der Waals surface area (Å²) in [5.74, 6) is -0.771. The fourth-order valence-corrected chi connectivity index (χ4v) is 4.63. The minimum Gasteiger partial charge on any atom is -0.325 e. The average molecular weight is 570 g/mol. The van der Waals surface area contributed by atoms with Gasteiger partial charge in [0, 0.05) is 26.9 Å². The van der Waals surface area contributed by atoms with E-state index in [1.165, 1.54) is 17.8 Å². The maximum absolute atomic E-state index is 13.2. The zero-order valence-electron chi connectivity index (χ0n) is 22.0. The maximum Gasteiger partial charge on any atom is 0.272 e. The van der Waals surface area contributed by atoms with Crippen LogP contribution in [0.15, 0.2) is 108 Å². The summed E-state index contributed by atoms with van der Waals surface area (Å²) in [6.07, 6.45) is 1.54. The summed E-state index contributed by atoms with van der Waals surface area (Å²) < 4.78 is 0. The number of carbonyl (C=O) groups excluding carboxylic acids is 3. The van der Waals surface area contributed by atoms with E-state index in [9.17, 15) is 14.4 Å². The number of halogens is 1. The molecule has 0 spiro atoms. The molecule has 0 aliphatic carbocycles. The van der Waals surface area contributed by atoms with Gasteiger partial charge in [-0.05, 0) is 85.1 Å². The number of aryl methyl sites for hydroxylation is 1. The molecular weight excluding hydrogens is 542 g/mol. The summed E-state index contributed by atoms with van der Waals surface area (Å²) in [5.41, 5.74) is 4.56. The Morgan fingerprint density at radius 1 is 0.800 bits per heavy atom. The van der Waals surface area contributed by atoms with Crippen LogP contribution in [0.4, 0.5) is 11.4 Å². The van der Waals surface area contributed by atoms with Gasteiger partial charge in [0.25, 0.3) is 11.8 Å². The standard InChI is InChI=1S/C32H28ClN3O3S/c1-21-9-8-14-28(22(21)2)35-30(37)20-40-26-17-15-25(16-18-26)34-32(39)29(19-24-12-6-7-13-27(24)33)36-31(38)23-10-4-3-5-11-23/h3-19H,20H2,1-2H3,(H,34,39)(H,35,37)(H,36,38)/b29-19-. The Kier molecular flexibility index (Phi) is 9.78. The van der Waals surface area contributed by atoms with Crippen LogP contribution < -0.4 is 16.0 Å². The lowest BCUT2D eigenvalue weighted by Gasteiger charge is -2.12. The molecule has 40 heavy (non-hydrogen) atoms. The topological polar surface area (TPSA) is 87.3 Å². The summed E-state index contributed by atoms with van der Waals surface area (Å²) in [6, 6.07) is 28.6. The van der Waals surface area contributed by atoms with E-state index in [0.29, 0.717) is 21.8 Å². The number of nitrogens with one attached hydrogen (secondary N) is 3. The van der Waals surface area contributed by atoms with E-state index in [2.05, 4.69) is 16.0 Å². The third kappa shape index (κ3) is 7.85. The predicted molar refractivity (Wildman–Crippen MR) is 164 cm³/mol. The second-order valence-electron chi connectivity index (χ2n) is 8.96. The molecule has 0 heterocycles. The van der Waals surface area contributed by atoms with Gasteiger partial charge in [0.1, 0.15) is 5.70 Å². The van der Waals surface area contributed by atoms with Crippen molar-refractivity contribution in [1.82, 2.24) is 5.32 Å². The maximum atomic E-state index is 13.2. The highest BCUT2D eigenvalue weighted by atomic mass is 35.5. The molecule has 0 saturated carbocycles. The Balaban J connectivity index is 1.41. The van der Waals surface area contributed by atoms with Crippen molar-refractivity contribution >= 4 is 58.5 Å². The molecule has 0 unspecified atom stereocenters. The quantitative estimate of drug-likeness (QED) is 0.148. The van der Waals surface area contributed by atoms with Gasteiger partial charge >= 0.3 is 0 Å². The van der Waals surface area contributed by atoms with Crippen molar-refractivity contribution in [2.24, 2.45) is 0 Å². The lowest BCUT2D eigenvalue weighted by Crippen LogP contribution is -2.30. The van der Waals surface area contributed by atoms with Crippen molar-refractivity contribution in [2.45, 2.75) is 18.7 Å². The van der Waals surface area contributed by atoms with Crippen LogP contribution in [0.5, 0.6) is 0 Å². The van der Waals surface area contributed by atoms with Gasteiger partial charge in [0.15, 0.2) is 0 Å². The fraction of sp³-hybridized carbons (Fsp3) is 0.0938. The normalized spacial score (nSPS) is 11.0. The van der Waals surface area contributed by atoms with Gasteiger partial charge in [0.05, 0.1) is 5.75 Å². The van der Waals surface area contributed by atoms with E-state index in [1.54, 1.807) is 60.7 Å². The van der Waals surface area contributed by atoms with Crippen LogP contribution in [0.2, 0.25) is 5.02 Å². The van der Waals surface area contributed by atoms with Crippen molar-refractivity contribution in [1.29, 1.82) is 0 Å². The summed E-state index contributed by atoms with van der Waals surface area (Å²) in [7, 11) is 0. The number of amides is 3. The van der Waals surface area contributed by atoms with Gasteiger partial charge in [-0.1, -0.05) is 60.1 Å². The lowest BCUT2D eigenvalue weighted by atomic mass is 10.1. The zero-order valence-corrected chi connectivity index (χ0v) is 23.6. The minimum absolute atomic E-state index is 0.0449. The summed E-state index contributed by atoms with van der Waals surface area (Å²) in [6.45, 7) is 3.99. The van der Waals surface area contributed by atoms with Gasteiger partial charge in [-0.2, -0.15) is 0 Å². The third-order valence-corrected chi connectivity index (χ3v) is 7.45. The molecule has 4 aromatic carbocycles. The summed E-state index contributed by atoms with van der Waals surface area (Å²) in [4.78, 5) is 39.4. The number of anilines is 2. The number of carbonyl (C=O) groups is 3. The monoisotopic (exact) mass is 569 g/mol. The molecule has 0 radical (unpaired) electrons. The highest BCUT2D eigenvalue weighted by Crippen LogP contribution is 2.23. The molecule has 0 bridgehead atoms. The molecule has 4 aromatic rings. The first-order valence-electron chi connectivity index (χ1n) is 12.5. The van der Waals surface area contributed by atoms with E-state index >= 15 is 0 Å². The Labute approximate surface area is 242 Å². The van der Waals surface area contributed by atoms with Crippen molar-refractivity contribution in [3.8, 4) is 0 Å². The molecule has 3 amide bonds. The van der Waals surface area contributed by atoms with Crippen LogP contribution in [-0.4, -0.2) is 23.5 Å². The van der Waals surface area contributed by atoms with Crippen LogP contribution >= 0.6 is 23.4 Å². The lowest BCUT2D eigenvalue weighted by molar-refractivity contribution is -0.114. The molecule has 3 N–H and O–H groups in total. The van der Waals surface area contributed by atoms with E-state index in [-0.39, 0.29) is 17.4 Å². The number of thioether (sulfide) groups is 1. The highest BCUT2D eigenvalue weighted by molar-refractivity contribution is 8.00. The molecule has 0 fully saturated rings. The van der Waals surface area contributed by atoms with E-state index in [1.807, 2.05) is 50.2 Å².